The number of anilines is 1. The highest BCUT2D eigenvalue weighted by Crippen LogP contribution is 2.34. The number of hydrogen-bond donors (Lipinski definition) is 2. The van der Waals surface area contributed by atoms with Crippen molar-refractivity contribution < 1.29 is 26.0 Å². The summed E-state index contributed by atoms with van der Waals surface area (Å²) in [6.07, 6.45) is -4.66. The van der Waals surface area contributed by atoms with Crippen molar-refractivity contribution in [1.82, 2.24) is 4.83 Å². The molecule has 0 aliphatic rings. The zero-order chi connectivity index (χ0) is 16.4. The van der Waals surface area contributed by atoms with Crippen LogP contribution in [0.2, 0.25) is 0 Å². The summed E-state index contributed by atoms with van der Waals surface area (Å²) in [5, 5.41) is 0. The molecule has 0 atom stereocenters. The quantitative estimate of drug-likeness (QED) is 0.667. The molecule has 0 saturated heterocycles. The first-order valence-electron chi connectivity index (χ1n) is 5.90. The van der Waals surface area contributed by atoms with E-state index in [9.17, 15) is 26.0 Å². The predicted molar refractivity (Wildman–Crippen MR) is 71.8 cm³/mol. The molecule has 0 radical (unpaired) electrons. The van der Waals surface area contributed by atoms with E-state index in [1.165, 1.54) is 24.3 Å². The molecule has 0 heterocycles. The standard InChI is InChI=1S/C13H10F4N2O2S/c14-10-6-2-4-8-12(10)22(20,21)19-18-11-7-3-1-5-9(11)13(15,16)17/h1-8,18-19H. The summed E-state index contributed by atoms with van der Waals surface area (Å²) in [7, 11) is -4.35. The van der Waals surface area contributed by atoms with E-state index in [0.29, 0.717) is 0 Å². The molecule has 0 bridgehead atoms. The zero-order valence-corrected chi connectivity index (χ0v) is 11.7. The fourth-order valence-corrected chi connectivity index (χ4v) is 2.62. The monoisotopic (exact) mass is 334 g/mol. The lowest BCUT2D eigenvalue weighted by Gasteiger charge is -2.15. The average Bonchev–Trinajstić information content (AvgIpc) is 2.45. The molecule has 2 rings (SSSR count). The van der Waals surface area contributed by atoms with E-state index in [1.807, 2.05) is 5.43 Å². The SMILES string of the molecule is O=S(=O)(NNc1ccccc1C(F)(F)F)c1ccccc1F. The molecule has 0 amide bonds. The third kappa shape index (κ3) is 3.55. The van der Waals surface area contributed by atoms with E-state index in [0.717, 1.165) is 24.3 Å². The minimum Gasteiger partial charge on any atom is -0.307 e. The number of alkyl halides is 3. The Morgan fingerprint density at radius 2 is 1.50 bits per heavy atom. The summed E-state index contributed by atoms with van der Waals surface area (Å²) >= 11 is 0. The summed E-state index contributed by atoms with van der Waals surface area (Å²) in [6.45, 7) is 0. The fourth-order valence-electron chi connectivity index (χ4n) is 1.68. The fraction of sp³-hybridized carbons (Fsp3) is 0.0769. The van der Waals surface area contributed by atoms with Crippen molar-refractivity contribution in [2.45, 2.75) is 11.1 Å². The van der Waals surface area contributed by atoms with Crippen LogP contribution in [0.1, 0.15) is 5.56 Å². The molecule has 118 valence electrons. The van der Waals surface area contributed by atoms with Crippen molar-refractivity contribution in [2.24, 2.45) is 0 Å². The van der Waals surface area contributed by atoms with E-state index >= 15 is 0 Å². The molecule has 4 nitrogen and oxygen atoms in total. The summed E-state index contributed by atoms with van der Waals surface area (Å²) in [4.78, 5) is 1.05. The second kappa shape index (κ2) is 5.93. The first-order chi connectivity index (χ1) is 10.2. The van der Waals surface area contributed by atoms with Crippen molar-refractivity contribution >= 4 is 15.7 Å². The highest BCUT2D eigenvalue weighted by atomic mass is 32.2. The molecule has 2 N–H and O–H groups in total. The highest BCUT2D eigenvalue weighted by Gasteiger charge is 2.33. The minimum atomic E-state index is -4.66. The number of hydrogen-bond acceptors (Lipinski definition) is 3. The third-order valence-electron chi connectivity index (χ3n) is 2.68. The number of halogens is 4. The Morgan fingerprint density at radius 3 is 2.14 bits per heavy atom. The number of para-hydroxylation sites is 1. The summed E-state index contributed by atoms with van der Waals surface area (Å²) < 4.78 is 75.6. The van der Waals surface area contributed by atoms with Gasteiger partial charge in [-0.3, -0.25) is 0 Å². The average molecular weight is 334 g/mol. The Labute approximate surface area is 123 Å². The van der Waals surface area contributed by atoms with Crippen LogP contribution in [0.5, 0.6) is 0 Å². The summed E-state index contributed by atoms with van der Waals surface area (Å²) in [6, 6.07) is 8.82. The van der Waals surface area contributed by atoms with Gasteiger partial charge < -0.3 is 5.43 Å². The van der Waals surface area contributed by atoms with Gasteiger partial charge in [0.15, 0.2) is 0 Å². The topological polar surface area (TPSA) is 58.2 Å². The Balaban J connectivity index is 2.26. The van der Waals surface area contributed by atoms with Crippen molar-refractivity contribution in [3.63, 3.8) is 0 Å². The minimum absolute atomic E-state index is 0.491. The normalized spacial score (nSPS) is 12.2. The first kappa shape index (κ1) is 16.2. The first-order valence-corrected chi connectivity index (χ1v) is 7.39. The van der Waals surface area contributed by atoms with Gasteiger partial charge in [-0.15, -0.1) is 4.83 Å². The molecule has 0 saturated carbocycles. The number of hydrazine groups is 1. The Hall–Kier alpha value is -2.13. The third-order valence-corrected chi connectivity index (χ3v) is 3.96. The maximum absolute atomic E-state index is 13.5. The predicted octanol–water partition coefficient (Wildman–Crippen LogP) is 3.15. The number of nitrogens with one attached hydrogen (secondary N) is 2. The second-order valence-corrected chi connectivity index (χ2v) is 5.86. The molecule has 2 aromatic carbocycles. The Morgan fingerprint density at radius 1 is 0.909 bits per heavy atom. The van der Waals surface area contributed by atoms with Gasteiger partial charge in [-0.1, -0.05) is 24.3 Å². The molecule has 2 aromatic rings. The van der Waals surface area contributed by atoms with Gasteiger partial charge in [-0.05, 0) is 24.3 Å². The summed E-state index contributed by atoms with van der Waals surface area (Å²) in [5.41, 5.74) is 0.421. The molecule has 0 aliphatic heterocycles. The molecule has 9 heteroatoms. The van der Waals surface area contributed by atoms with Crippen molar-refractivity contribution in [1.29, 1.82) is 0 Å². The van der Waals surface area contributed by atoms with Crippen LogP contribution in [0.15, 0.2) is 53.4 Å². The smallest absolute Gasteiger partial charge is 0.307 e. The van der Waals surface area contributed by atoms with E-state index < -0.39 is 38.2 Å². The highest BCUT2D eigenvalue weighted by molar-refractivity contribution is 7.89. The molecule has 0 unspecified atom stereocenters. The van der Waals surface area contributed by atoms with Crippen LogP contribution in [-0.2, 0) is 16.2 Å². The molecular weight excluding hydrogens is 324 g/mol. The molecule has 0 fully saturated rings. The largest absolute Gasteiger partial charge is 0.418 e. The van der Waals surface area contributed by atoms with Crippen molar-refractivity contribution in [2.75, 3.05) is 5.43 Å². The van der Waals surface area contributed by atoms with Crippen LogP contribution in [0.25, 0.3) is 0 Å². The van der Waals surface area contributed by atoms with E-state index in [1.54, 1.807) is 4.83 Å². The van der Waals surface area contributed by atoms with Gasteiger partial charge in [0.1, 0.15) is 10.7 Å². The van der Waals surface area contributed by atoms with Gasteiger partial charge in [0, 0.05) is 0 Å². The lowest BCUT2D eigenvalue weighted by atomic mass is 10.2. The zero-order valence-electron chi connectivity index (χ0n) is 10.9. The maximum Gasteiger partial charge on any atom is 0.418 e. The summed E-state index contributed by atoms with van der Waals surface area (Å²) in [5.74, 6) is -1.01. The van der Waals surface area contributed by atoms with Crippen LogP contribution in [0.4, 0.5) is 23.2 Å². The molecule has 22 heavy (non-hydrogen) atoms. The van der Waals surface area contributed by atoms with Gasteiger partial charge in [-0.25, -0.2) is 12.8 Å². The van der Waals surface area contributed by atoms with Crippen molar-refractivity contribution in [3.05, 3.63) is 59.9 Å². The van der Waals surface area contributed by atoms with Crippen LogP contribution >= 0.6 is 0 Å². The second-order valence-electron chi connectivity index (χ2n) is 4.20. The Bertz CT molecular complexity index is 776. The molecule has 0 aromatic heterocycles. The van der Waals surface area contributed by atoms with Gasteiger partial charge in [-0.2, -0.15) is 13.2 Å². The van der Waals surface area contributed by atoms with Gasteiger partial charge in [0.25, 0.3) is 10.0 Å². The number of rotatable bonds is 4. The van der Waals surface area contributed by atoms with Gasteiger partial charge in [0.05, 0.1) is 11.3 Å². The lowest BCUT2D eigenvalue weighted by molar-refractivity contribution is -0.137. The molecule has 0 aliphatic carbocycles. The van der Waals surface area contributed by atoms with Crippen LogP contribution in [0.3, 0.4) is 0 Å². The number of benzene rings is 2. The maximum atomic E-state index is 13.5. The Kier molecular flexibility index (Phi) is 4.38. The lowest BCUT2D eigenvalue weighted by Crippen LogP contribution is -2.31. The number of sulfonamides is 1. The molecular formula is C13H10F4N2O2S. The molecule has 0 spiro atoms. The van der Waals surface area contributed by atoms with Crippen LogP contribution < -0.4 is 10.3 Å². The van der Waals surface area contributed by atoms with Crippen LogP contribution in [-0.4, -0.2) is 8.42 Å². The van der Waals surface area contributed by atoms with Gasteiger partial charge in [0.2, 0.25) is 0 Å². The van der Waals surface area contributed by atoms with E-state index in [4.69, 9.17) is 0 Å². The van der Waals surface area contributed by atoms with E-state index in [-0.39, 0.29) is 0 Å². The van der Waals surface area contributed by atoms with Crippen LogP contribution in [0, 0.1) is 5.82 Å². The van der Waals surface area contributed by atoms with E-state index in [2.05, 4.69) is 0 Å². The van der Waals surface area contributed by atoms with Crippen molar-refractivity contribution in [3.8, 4) is 0 Å². The van der Waals surface area contributed by atoms with Gasteiger partial charge >= 0.3 is 6.18 Å².